The number of thioether (sulfide) groups is 1. The molecule has 7 heteroatoms. The molecule has 1 fully saturated rings. The third-order valence-electron chi connectivity index (χ3n) is 3.17. The molecular weight excluding hydrogens is 429 g/mol. The van der Waals surface area contributed by atoms with Crippen LogP contribution in [0.1, 0.15) is 26.3 Å². The van der Waals surface area contributed by atoms with Gasteiger partial charge in [-0.05, 0) is 78.9 Å². The quantitative estimate of drug-likeness (QED) is 0.502. The Bertz CT molecular complexity index is 672. The van der Waals surface area contributed by atoms with Crippen LogP contribution in [0.3, 0.4) is 0 Å². The first-order chi connectivity index (χ1) is 10.9. The number of nitrogens with zero attached hydrogens (tertiary/aromatic N) is 1. The molecule has 0 radical (unpaired) electrons. The second-order valence-corrected chi connectivity index (χ2v) is 7.27. The van der Waals surface area contributed by atoms with E-state index in [0.29, 0.717) is 23.0 Å². The molecule has 0 bridgehead atoms. The maximum Gasteiger partial charge on any atom is 0.293 e. The fraction of sp³-hybridized carbons (Fsp3) is 0.375. The number of halogens is 1. The number of hydrogen-bond acceptors (Lipinski definition) is 5. The van der Waals surface area contributed by atoms with E-state index in [4.69, 9.17) is 9.47 Å². The Morgan fingerprint density at radius 1 is 1.35 bits per heavy atom. The highest BCUT2D eigenvalue weighted by Gasteiger charge is 2.36. The van der Waals surface area contributed by atoms with Crippen LogP contribution in [0.2, 0.25) is 0 Å². The Labute approximate surface area is 153 Å². The zero-order chi connectivity index (χ0) is 17.1. The topological polar surface area (TPSA) is 55.8 Å². The monoisotopic (exact) mass is 447 g/mol. The van der Waals surface area contributed by atoms with Crippen LogP contribution in [0.4, 0.5) is 4.79 Å². The van der Waals surface area contributed by atoms with Gasteiger partial charge in [-0.1, -0.05) is 0 Å². The lowest BCUT2D eigenvalue weighted by molar-refractivity contribution is -0.123. The van der Waals surface area contributed by atoms with Gasteiger partial charge in [-0.25, -0.2) is 0 Å². The minimum absolute atomic E-state index is 0.150. The van der Waals surface area contributed by atoms with Gasteiger partial charge in [-0.3, -0.25) is 14.5 Å². The van der Waals surface area contributed by atoms with Crippen molar-refractivity contribution in [3.63, 3.8) is 0 Å². The summed E-state index contributed by atoms with van der Waals surface area (Å²) < 4.78 is 11.8. The number of methoxy groups -OCH3 is 1. The summed E-state index contributed by atoms with van der Waals surface area (Å²) in [7, 11) is 1.59. The molecule has 0 aliphatic carbocycles. The first-order valence-corrected chi connectivity index (χ1v) is 9.06. The van der Waals surface area contributed by atoms with Crippen LogP contribution >= 0.6 is 34.4 Å². The van der Waals surface area contributed by atoms with Gasteiger partial charge in [0.2, 0.25) is 0 Å². The number of carbonyl (C=O) groups is 2. The molecule has 5 nitrogen and oxygen atoms in total. The third-order valence-corrected chi connectivity index (χ3v) is 4.86. The molecule has 0 atom stereocenters. The average Bonchev–Trinajstić information content (AvgIpc) is 2.73. The zero-order valence-corrected chi connectivity index (χ0v) is 16.4. The molecule has 1 saturated heterocycles. The molecule has 0 spiro atoms. The molecule has 2 amide bonds. The maximum atomic E-state index is 12.3. The Morgan fingerprint density at radius 2 is 2.04 bits per heavy atom. The normalized spacial score (nSPS) is 16.6. The summed E-state index contributed by atoms with van der Waals surface area (Å²) in [4.78, 5) is 26.0. The molecule has 2 rings (SSSR count). The van der Waals surface area contributed by atoms with Crippen molar-refractivity contribution in [2.24, 2.45) is 0 Å². The maximum absolute atomic E-state index is 12.3. The fourth-order valence-corrected chi connectivity index (χ4v) is 4.02. The molecule has 124 valence electrons. The first kappa shape index (κ1) is 18.1. The van der Waals surface area contributed by atoms with Crippen molar-refractivity contribution in [2.45, 2.75) is 26.8 Å². The van der Waals surface area contributed by atoms with Crippen molar-refractivity contribution in [3.8, 4) is 11.5 Å². The van der Waals surface area contributed by atoms with Gasteiger partial charge in [0.05, 0.1) is 22.2 Å². The number of amides is 2. The number of carbonyl (C=O) groups excluding carboxylic acids is 2. The molecule has 1 aromatic rings. The molecule has 1 aliphatic rings. The Hall–Kier alpha value is -1.22. The SMILES string of the molecule is CCOc1cc(/C=C2\SC(=O)N(C(C)C)C2=O)cc(I)c1OC. The lowest BCUT2D eigenvalue weighted by Gasteiger charge is -2.16. The van der Waals surface area contributed by atoms with Crippen molar-refractivity contribution in [2.75, 3.05) is 13.7 Å². The highest BCUT2D eigenvalue weighted by molar-refractivity contribution is 14.1. The van der Waals surface area contributed by atoms with Crippen molar-refractivity contribution in [3.05, 3.63) is 26.2 Å². The van der Waals surface area contributed by atoms with E-state index >= 15 is 0 Å². The minimum Gasteiger partial charge on any atom is -0.492 e. The molecule has 1 aromatic carbocycles. The van der Waals surface area contributed by atoms with E-state index in [1.807, 2.05) is 32.9 Å². The standard InChI is InChI=1S/C16H18INO4S/c1-5-22-12-7-10(6-11(17)14(12)21-4)8-13-15(19)18(9(2)3)16(20)23-13/h6-9H,5H2,1-4H3/b13-8-. The van der Waals surface area contributed by atoms with E-state index in [0.717, 1.165) is 20.9 Å². The fourth-order valence-electron chi connectivity index (χ4n) is 2.21. The van der Waals surface area contributed by atoms with E-state index in [1.54, 1.807) is 13.2 Å². The highest BCUT2D eigenvalue weighted by atomic mass is 127. The van der Waals surface area contributed by atoms with E-state index in [2.05, 4.69) is 22.6 Å². The summed E-state index contributed by atoms with van der Waals surface area (Å²) in [6.07, 6.45) is 1.72. The molecular formula is C16H18INO4S. The molecule has 0 N–H and O–H groups in total. The number of benzene rings is 1. The largest absolute Gasteiger partial charge is 0.492 e. The van der Waals surface area contributed by atoms with Crippen LogP contribution in [0.15, 0.2) is 17.0 Å². The van der Waals surface area contributed by atoms with Gasteiger partial charge in [0.25, 0.3) is 11.1 Å². The third kappa shape index (κ3) is 3.82. The van der Waals surface area contributed by atoms with Crippen LogP contribution < -0.4 is 9.47 Å². The Balaban J connectivity index is 2.40. The molecule has 0 saturated carbocycles. The van der Waals surface area contributed by atoms with Gasteiger partial charge >= 0.3 is 0 Å². The second kappa shape index (κ2) is 7.57. The van der Waals surface area contributed by atoms with Gasteiger partial charge in [-0.15, -0.1) is 0 Å². The minimum atomic E-state index is -0.251. The second-order valence-electron chi connectivity index (χ2n) is 5.11. The Morgan fingerprint density at radius 3 is 2.57 bits per heavy atom. The number of rotatable bonds is 5. The Kier molecular flexibility index (Phi) is 5.96. The number of hydrogen-bond donors (Lipinski definition) is 0. The highest BCUT2D eigenvalue weighted by Crippen LogP contribution is 2.37. The van der Waals surface area contributed by atoms with Gasteiger partial charge < -0.3 is 9.47 Å². The summed E-state index contributed by atoms with van der Waals surface area (Å²) in [5.41, 5.74) is 0.799. The van der Waals surface area contributed by atoms with Crippen LogP contribution in [0.5, 0.6) is 11.5 Å². The lowest BCUT2D eigenvalue weighted by Crippen LogP contribution is -2.34. The number of ether oxygens (including phenoxy) is 2. The summed E-state index contributed by atoms with van der Waals surface area (Å²) in [6, 6.07) is 3.56. The first-order valence-electron chi connectivity index (χ1n) is 7.16. The van der Waals surface area contributed by atoms with E-state index < -0.39 is 0 Å². The van der Waals surface area contributed by atoms with Gasteiger partial charge in [0.15, 0.2) is 11.5 Å². The zero-order valence-electron chi connectivity index (χ0n) is 13.4. The van der Waals surface area contributed by atoms with Crippen LogP contribution in [0.25, 0.3) is 6.08 Å². The van der Waals surface area contributed by atoms with Crippen LogP contribution in [-0.2, 0) is 4.79 Å². The number of imide groups is 1. The molecule has 1 aliphatic heterocycles. The van der Waals surface area contributed by atoms with Crippen molar-refractivity contribution in [1.82, 2.24) is 4.90 Å². The van der Waals surface area contributed by atoms with E-state index in [1.165, 1.54) is 4.90 Å². The molecule has 0 aromatic heterocycles. The van der Waals surface area contributed by atoms with Gasteiger partial charge in [-0.2, -0.15) is 0 Å². The summed E-state index contributed by atoms with van der Waals surface area (Å²) in [5.74, 6) is 1.04. The van der Waals surface area contributed by atoms with Crippen LogP contribution in [-0.4, -0.2) is 35.8 Å². The van der Waals surface area contributed by atoms with Gasteiger partial charge in [0.1, 0.15) is 0 Å². The van der Waals surface area contributed by atoms with Crippen molar-refractivity contribution < 1.29 is 19.1 Å². The smallest absolute Gasteiger partial charge is 0.293 e. The lowest BCUT2D eigenvalue weighted by atomic mass is 10.1. The van der Waals surface area contributed by atoms with Crippen molar-refractivity contribution in [1.29, 1.82) is 0 Å². The summed E-state index contributed by atoms with van der Waals surface area (Å²) in [5, 5.41) is -0.232. The molecule has 23 heavy (non-hydrogen) atoms. The van der Waals surface area contributed by atoms with Gasteiger partial charge in [0, 0.05) is 6.04 Å². The molecule has 1 heterocycles. The summed E-state index contributed by atoms with van der Waals surface area (Å²) in [6.45, 7) is 6.05. The van der Waals surface area contributed by atoms with Crippen LogP contribution in [0, 0.1) is 3.57 Å². The molecule has 0 unspecified atom stereocenters. The van der Waals surface area contributed by atoms with E-state index in [-0.39, 0.29) is 17.2 Å². The summed E-state index contributed by atoms with van der Waals surface area (Å²) >= 11 is 3.12. The predicted octanol–water partition coefficient (Wildman–Crippen LogP) is 4.14. The predicted molar refractivity (Wildman–Crippen MR) is 99.8 cm³/mol. The van der Waals surface area contributed by atoms with E-state index in [9.17, 15) is 9.59 Å². The average molecular weight is 447 g/mol. The van der Waals surface area contributed by atoms with Crippen molar-refractivity contribution >= 4 is 51.6 Å².